The van der Waals surface area contributed by atoms with Gasteiger partial charge >= 0.3 is 0 Å². The van der Waals surface area contributed by atoms with E-state index in [0.29, 0.717) is 22.2 Å². The van der Waals surface area contributed by atoms with E-state index in [2.05, 4.69) is 26.2 Å². The number of pyridine rings is 1. The molecule has 0 spiro atoms. The lowest BCUT2D eigenvalue weighted by molar-refractivity contribution is -0.384. The van der Waals surface area contributed by atoms with Crippen LogP contribution in [-0.4, -0.2) is 15.8 Å². The molecule has 0 aliphatic carbocycles. The van der Waals surface area contributed by atoms with E-state index < -0.39 is 10.8 Å². The maximum Gasteiger partial charge on any atom is 0.289 e. The van der Waals surface area contributed by atoms with Crippen molar-refractivity contribution in [1.29, 1.82) is 0 Å². The molecular formula is C22H13BrClN3O3. The second-order valence-corrected chi connectivity index (χ2v) is 7.78. The molecule has 1 heterocycles. The number of aromatic nitrogens is 1. The van der Waals surface area contributed by atoms with Crippen molar-refractivity contribution >= 4 is 55.7 Å². The molecule has 0 aliphatic heterocycles. The number of fused-ring (bicyclic) bond motifs is 1. The molecule has 8 heteroatoms. The van der Waals surface area contributed by atoms with Gasteiger partial charge in [-0.1, -0.05) is 57.9 Å². The van der Waals surface area contributed by atoms with Gasteiger partial charge in [0, 0.05) is 27.2 Å². The summed E-state index contributed by atoms with van der Waals surface area (Å²) in [4.78, 5) is 28.3. The molecule has 0 fully saturated rings. The van der Waals surface area contributed by atoms with E-state index in [1.54, 1.807) is 6.07 Å². The number of nitrogens with zero attached hydrogens (tertiary/aromatic N) is 2. The van der Waals surface area contributed by atoms with Crippen LogP contribution in [0.5, 0.6) is 0 Å². The Morgan fingerprint density at radius 1 is 1.03 bits per heavy atom. The van der Waals surface area contributed by atoms with Gasteiger partial charge in [-0.2, -0.15) is 0 Å². The van der Waals surface area contributed by atoms with Gasteiger partial charge in [-0.3, -0.25) is 14.9 Å². The number of halogens is 2. The summed E-state index contributed by atoms with van der Waals surface area (Å²) in [6.45, 7) is 0. The van der Waals surface area contributed by atoms with Crippen LogP contribution in [0, 0.1) is 10.1 Å². The van der Waals surface area contributed by atoms with Crippen LogP contribution in [0.2, 0.25) is 5.02 Å². The zero-order chi connectivity index (χ0) is 21.3. The first-order valence-electron chi connectivity index (χ1n) is 8.83. The number of carbonyl (C=O) groups excluding carboxylic acids is 1. The molecule has 0 radical (unpaired) electrons. The van der Waals surface area contributed by atoms with Crippen LogP contribution < -0.4 is 5.32 Å². The number of rotatable bonds is 4. The first kappa shape index (κ1) is 20.0. The van der Waals surface area contributed by atoms with Gasteiger partial charge in [0.1, 0.15) is 5.02 Å². The van der Waals surface area contributed by atoms with Gasteiger partial charge in [-0.15, -0.1) is 0 Å². The molecule has 6 nitrogen and oxygen atoms in total. The number of nitro benzene ring substituents is 1. The van der Waals surface area contributed by atoms with Crippen LogP contribution in [0.15, 0.2) is 77.3 Å². The molecule has 0 bridgehead atoms. The van der Waals surface area contributed by atoms with Crippen LogP contribution in [0.4, 0.5) is 11.4 Å². The van der Waals surface area contributed by atoms with Gasteiger partial charge in [0.15, 0.2) is 0 Å². The van der Waals surface area contributed by atoms with Crippen molar-refractivity contribution in [2.24, 2.45) is 0 Å². The molecule has 1 aromatic heterocycles. The zero-order valence-corrected chi connectivity index (χ0v) is 17.6. The fourth-order valence-corrected chi connectivity index (χ4v) is 3.51. The normalized spacial score (nSPS) is 10.7. The van der Waals surface area contributed by atoms with Crippen LogP contribution in [-0.2, 0) is 0 Å². The number of benzene rings is 3. The predicted molar refractivity (Wildman–Crippen MR) is 121 cm³/mol. The number of para-hydroxylation sites is 1. The van der Waals surface area contributed by atoms with E-state index in [0.717, 1.165) is 10.0 Å². The molecule has 148 valence electrons. The average Bonchev–Trinajstić information content (AvgIpc) is 2.74. The summed E-state index contributed by atoms with van der Waals surface area (Å²) in [7, 11) is 0. The summed E-state index contributed by atoms with van der Waals surface area (Å²) in [6.07, 6.45) is 0. The van der Waals surface area contributed by atoms with E-state index in [9.17, 15) is 14.9 Å². The summed E-state index contributed by atoms with van der Waals surface area (Å²) in [5.41, 5.74) is 2.60. The first-order valence-corrected chi connectivity index (χ1v) is 10.0. The Bertz CT molecular complexity index is 1290. The fourth-order valence-electron chi connectivity index (χ4n) is 3.06. The summed E-state index contributed by atoms with van der Waals surface area (Å²) < 4.78 is 0.939. The van der Waals surface area contributed by atoms with Crippen molar-refractivity contribution in [1.82, 2.24) is 4.98 Å². The molecule has 4 rings (SSSR count). The summed E-state index contributed by atoms with van der Waals surface area (Å²) in [5, 5.41) is 14.5. The van der Waals surface area contributed by atoms with Crippen molar-refractivity contribution in [3.05, 3.63) is 98.0 Å². The van der Waals surface area contributed by atoms with Gasteiger partial charge in [0.25, 0.3) is 11.6 Å². The lowest BCUT2D eigenvalue weighted by atomic mass is 10.0. The number of carbonyl (C=O) groups is 1. The molecule has 3 aromatic carbocycles. The van der Waals surface area contributed by atoms with Gasteiger partial charge in [-0.05, 0) is 36.4 Å². The highest BCUT2D eigenvalue weighted by atomic mass is 79.9. The quantitative estimate of drug-likeness (QED) is 0.266. The van der Waals surface area contributed by atoms with Crippen molar-refractivity contribution in [3.63, 3.8) is 0 Å². The predicted octanol–water partition coefficient (Wildman–Crippen LogP) is 6.48. The van der Waals surface area contributed by atoms with Crippen LogP contribution in [0.3, 0.4) is 0 Å². The average molecular weight is 483 g/mol. The molecule has 1 amide bonds. The topological polar surface area (TPSA) is 85.1 Å². The highest BCUT2D eigenvalue weighted by Crippen LogP contribution is 2.29. The van der Waals surface area contributed by atoms with E-state index in [-0.39, 0.29) is 16.4 Å². The third kappa shape index (κ3) is 4.03. The Balaban J connectivity index is 1.77. The molecular weight excluding hydrogens is 470 g/mol. The molecule has 1 N–H and O–H groups in total. The van der Waals surface area contributed by atoms with Crippen molar-refractivity contribution in [2.45, 2.75) is 0 Å². The zero-order valence-electron chi connectivity index (χ0n) is 15.3. The minimum absolute atomic E-state index is 0.00452. The van der Waals surface area contributed by atoms with E-state index >= 15 is 0 Å². The van der Waals surface area contributed by atoms with Gasteiger partial charge in [-0.25, -0.2) is 4.98 Å². The maximum absolute atomic E-state index is 13.1. The third-order valence-electron chi connectivity index (χ3n) is 4.50. The minimum Gasteiger partial charge on any atom is -0.322 e. The molecule has 0 atom stereocenters. The van der Waals surface area contributed by atoms with E-state index in [1.807, 2.05) is 48.5 Å². The number of hydrogen-bond donors (Lipinski definition) is 1. The monoisotopic (exact) mass is 481 g/mol. The second-order valence-electron chi connectivity index (χ2n) is 6.46. The summed E-state index contributed by atoms with van der Waals surface area (Å²) >= 11 is 9.27. The second kappa shape index (κ2) is 8.22. The molecule has 0 saturated carbocycles. The standard InChI is InChI=1S/C22H13BrClN3O3/c23-14-7-5-13(6-8-14)20-12-17(16-3-1-2-4-19(16)26-20)22(28)25-15-9-10-18(24)21(11-15)27(29)30/h1-12H,(H,25,28). The molecule has 0 unspecified atom stereocenters. The number of hydrogen-bond acceptors (Lipinski definition) is 4. The smallest absolute Gasteiger partial charge is 0.289 e. The summed E-state index contributed by atoms with van der Waals surface area (Å²) in [5.74, 6) is -0.399. The minimum atomic E-state index is -0.592. The van der Waals surface area contributed by atoms with Crippen molar-refractivity contribution < 1.29 is 9.72 Å². The van der Waals surface area contributed by atoms with Gasteiger partial charge in [0.2, 0.25) is 0 Å². The third-order valence-corrected chi connectivity index (χ3v) is 5.35. The largest absolute Gasteiger partial charge is 0.322 e. The Kier molecular flexibility index (Phi) is 5.48. The van der Waals surface area contributed by atoms with Crippen LogP contribution in [0.25, 0.3) is 22.2 Å². The molecule has 30 heavy (non-hydrogen) atoms. The van der Waals surface area contributed by atoms with E-state index in [4.69, 9.17) is 11.6 Å². The van der Waals surface area contributed by atoms with Crippen molar-refractivity contribution in [3.8, 4) is 11.3 Å². The highest BCUT2D eigenvalue weighted by Gasteiger charge is 2.17. The molecule has 4 aromatic rings. The Morgan fingerprint density at radius 2 is 1.77 bits per heavy atom. The molecule has 0 saturated heterocycles. The van der Waals surface area contributed by atoms with Gasteiger partial charge in [0.05, 0.1) is 21.7 Å². The fraction of sp³-hybridized carbons (Fsp3) is 0. The lowest BCUT2D eigenvalue weighted by Gasteiger charge is -2.11. The van der Waals surface area contributed by atoms with Crippen LogP contribution in [0.1, 0.15) is 10.4 Å². The van der Waals surface area contributed by atoms with Crippen molar-refractivity contribution in [2.75, 3.05) is 5.32 Å². The van der Waals surface area contributed by atoms with Crippen LogP contribution >= 0.6 is 27.5 Å². The Labute approximate surface area is 184 Å². The van der Waals surface area contributed by atoms with Gasteiger partial charge < -0.3 is 5.32 Å². The SMILES string of the molecule is O=C(Nc1ccc(Cl)c([N+](=O)[O-])c1)c1cc(-c2ccc(Br)cc2)nc2ccccc12. The van der Waals surface area contributed by atoms with E-state index in [1.165, 1.54) is 18.2 Å². The first-order chi connectivity index (χ1) is 14.4. The maximum atomic E-state index is 13.1. The number of nitro groups is 1. The Morgan fingerprint density at radius 3 is 2.50 bits per heavy atom. The highest BCUT2D eigenvalue weighted by molar-refractivity contribution is 9.10. The molecule has 0 aliphatic rings. The Hall–Kier alpha value is -3.29. The summed E-state index contributed by atoms with van der Waals surface area (Å²) in [6, 6.07) is 20.8. The lowest BCUT2D eigenvalue weighted by Crippen LogP contribution is -2.13. The number of nitrogens with one attached hydrogen (secondary N) is 1. The number of amides is 1. The number of anilines is 1.